The van der Waals surface area contributed by atoms with Gasteiger partial charge in [-0.15, -0.1) is 11.3 Å². The minimum atomic E-state index is 0.0490. The number of nitrogens with zero attached hydrogens (tertiary/aromatic N) is 2. The Hall–Kier alpha value is -1.13. The van der Waals surface area contributed by atoms with Crippen LogP contribution in [0.25, 0.3) is 0 Å². The molecule has 0 amide bonds. The maximum atomic E-state index is 6.23. The van der Waals surface area contributed by atoms with Crippen molar-refractivity contribution in [1.82, 2.24) is 9.78 Å². The van der Waals surface area contributed by atoms with Gasteiger partial charge in [0.25, 0.3) is 0 Å². The highest BCUT2D eigenvalue weighted by Gasteiger charge is 2.23. The summed E-state index contributed by atoms with van der Waals surface area (Å²) in [7, 11) is 0. The van der Waals surface area contributed by atoms with Gasteiger partial charge in [-0.05, 0) is 44.9 Å². The molecule has 0 fully saturated rings. The molecule has 0 aromatic carbocycles. The Bertz CT molecular complexity index is 539. The number of thiophene rings is 1. The Labute approximate surface area is 119 Å². The van der Waals surface area contributed by atoms with Gasteiger partial charge in [-0.1, -0.05) is 13.8 Å². The minimum absolute atomic E-state index is 0.0490. The van der Waals surface area contributed by atoms with Crippen LogP contribution in [0.4, 0.5) is 0 Å². The fourth-order valence-corrected chi connectivity index (χ4v) is 3.46. The van der Waals surface area contributed by atoms with Crippen molar-refractivity contribution in [3.8, 4) is 0 Å². The van der Waals surface area contributed by atoms with Crippen LogP contribution in [0.3, 0.4) is 0 Å². The first-order chi connectivity index (χ1) is 9.06. The Morgan fingerprint density at radius 1 is 1.32 bits per heavy atom. The quantitative estimate of drug-likeness (QED) is 0.911. The van der Waals surface area contributed by atoms with Crippen LogP contribution in [0, 0.1) is 6.92 Å². The largest absolute Gasteiger partial charge is 0.326 e. The van der Waals surface area contributed by atoms with E-state index >= 15 is 0 Å². The molecule has 0 aliphatic carbocycles. The summed E-state index contributed by atoms with van der Waals surface area (Å²) in [5.41, 5.74) is 8.65. The molecular weight excluding hydrogens is 254 g/mol. The van der Waals surface area contributed by atoms with Gasteiger partial charge in [0.05, 0.1) is 5.69 Å². The highest BCUT2D eigenvalue weighted by Crippen LogP contribution is 2.29. The van der Waals surface area contributed by atoms with Crippen LogP contribution in [0.2, 0.25) is 0 Å². The van der Waals surface area contributed by atoms with E-state index in [1.165, 1.54) is 15.4 Å². The molecule has 2 atom stereocenters. The molecule has 4 heteroatoms. The summed E-state index contributed by atoms with van der Waals surface area (Å²) in [6, 6.07) is 6.74. The molecule has 2 aromatic heterocycles. The van der Waals surface area contributed by atoms with Gasteiger partial charge in [0, 0.05) is 21.5 Å². The van der Waals surface area contributed by atoms with Gasteiger partial charge in [-0.2, -0.15) is 5.10 Å². The Kier molecular flexibility index (Phi) is 4.42. The summed E-state index contributed by atoms with van der Waals surface area (Å²) in [5, 5.41) is 4.75. The fraction of sp³-hybridized carbons (Fsp3) is 0.533. The van der Waals surface area contributed by atoms with E-state index in [1.807, 2.05) is 11.3 Å². The van der Waals surface area contributed by atoms with Crippen LogP contribution >= 0.6 is 11.3 Å². The van der Waals surface area contributed by atoms with Crippen LogP contribution in [-0.4, -0.2) is 15.8 Å². The molecule has 0 aliphatic heterocycles. The smallest absolute Gasteiger partial charge is 0.101 e. The molecule has 2 aromatic rings. The third-order valence-electron chi connectivity index (χ3n) is 3.40. The Balaban J connectivity index is 2.47. The number of hydrogen-bond acceptors (Lipinski definition) is 3. The van der Waals surface area contributed by atoms with Crippen molar-refractivity contribution in [3.63, 3.8) is 0 Å². The lowest BCUT2D eigenvalue weighted by Gasteiger charge is -2.22. The van der Waals surface area contributed by atoms with Gasteiger partial charge >= 0.3 is 0 Å². The first-order valence-corrected chi connectivity index (χ1v) is 7.77. The van der Waals surface area contributed by atoms with E-state index in [2.05, 4.69) is 50.6 Å². The lowest BCUT2D eigenvalue weighted by atomic mass is 10.1. The second kappa shape index (κ2) is 5.88. The fourth-order valence-electron chi connectivity index (χ4n) is 2.38. The van der Waals surface area contributed by atoms with Crippen molar-refractivity contribution in [2.24, 2.45) is 5.73 Å². The highest BCUT2D eigenvalue weighted by molar-refractivity contribution is 7.12. The predicted molar refractivity (Wildman–Crippen MR) is 81.8 cm³/mol. The summed E-state index contributed by atoms with van der Waals surface area (Å²) >= 11 is 1.81. The van der Waals surface area contributed by atoms with Crippen molar-refractivity contribution in [1.29, 1.82) is 0 Å². The SMILES string of the molecule is CCc1cc(CC)n(C(c2ccc(C)s2)C(C)N)n1. The lowest BCUT2D eigenvalue weighted by Crippen LogP contribution is -2.31. The molecule has 3 nitrogen and oxygen atoms in total. The van der Waals surface area contributed by atoms with Gasteiger partial charge in [-0.25, -0.2) is 0 Å². The second-order valence-corrected chi connectivity index (χ2v) is 6.35. The van der Waals surface area contributed by atoms with E-state index < -0.39 is 0 Å². The molecule has 2 heterocycles. The van der Waals surface area contributed by atoms with E-state index in [9.17, 15) is 0 Å². The minimum Gasteiger partial charge on any atom is -0.326 e. The third-order valence-corrected chi connectivity index (χ3v) is 4.47. The molecule has 0 spiro atoms. The second-order valence-electron chi connectivity index (χ2n) is 5.03. The number of nitrogens with two attached hydrogens (primary N) is 1. The first kappa shape index (κ1) is 14.3. The Morgan fingerprint density at radius 3 is 2.53 bits per heavy atom. The van der Waals surface area contributed by atoms with E-state index in [1.54, 1.807) is 0 Å². The summed E-state index contributed by atoms with van der Waals surface area (Å²) < 4.78 is 2.13. The van der Waals surface area contributed by atoms with E-state index in [4.69, 9.17) is 10.8 Å². The van der Waals surface area contributed by atoms with Crippen LogP contribution in [0.5, 0.6) is 0 Å². The summed E-state index contributed by atoms with van der Waals surface area (Å²) in [6.45, 7) is 8.51. The zero-order valence-electron chi connectivity index (χ0n) is 12.2. The number of hydrogen-bond donors (Lipinski definition) is 1. The molecule has 19 heavy (non-hydrogen) atoms. The van der Waals surface area contributed by atoms with Crippen molar-refractivity contribution in [3.05, 3.63) is 39.3 Å². The molecule has 0 saturated carbocycles. The predicted octanol–water partition coefficient (Wildman–Crippen LogP) is 3.31. The molecule has 0 saturated heterocycles. The molecule has 0 radical (unpaired) electrons. The zero-order valence-corrected chi connectivity index (χ0v) is 13.0. The van der Waals surface area contributed by atoms with Crippen molar-refractivity contribution in [2.45, 2.75) is 52.6 Å². The average molecular weight is 277 g/mol. The van der Waals surface area contributed by atoms with Crippen LogP contribution in [-0.2, 0) is 12.8 Å². The Morgan fingerprint density at radius 2 is 2.05 bits per heavy atom. The maximum Gasteiger partial charge on any atom is 0.101 e. The summed E-state index contributed by atoms with van der Waals surface area (Å²) in [5.74, 6) is 0. The monoisotopic (exact) mass is 277 g/mol. The molecule has 104 valence electrons. The standard InChI is InChI=1S/C15H23N3S/c1-5-12-9-13(6-2)18(17-12)15(11(4)16)14-8-7-10(3)19-14/h7-9,11,15H,5-6,16H2,1-4H3. The molecule has 2 N–H and O–H groups in total. The van der Waals surface area contributed by atoms with Gasteiger partial charge < -0.3 is 5.73 Å². The topological polar surface area (TPSA) is 43.8 Å². The molecule has 0 aliphatic rings. The lowest BCUT2D eigenvalue weighted by molar-refractivity contribution is 0.444. The van der Waals surface area contributed by atoms with E-state index in [0.29, 0.717) is 0 Å². The van der Waals surface area contributed by atoms with Crippen LogP contribution in [0.1, 0.15) is 48.0 Å². The number of aryl methyl sites for hydroxylation is 3. The molecular formula is C15H23N3S. The van der Waals surface area contributed by atoms with Gasteiger partial charge in [0.2, 0.25) is 0 Å². The number of rotatable bonds is 5. The number of aromatic nitrogens is 2. The van der Waals surface area contributed by atoms with Crippen molar-refractivity contribution in [2.75, 3.05) is 0 Å². The summed E-state index contributed by atoms with van der Waals surface area (Å²) in [4.78, 5) is 2.62. The molecule has 0 bridgehead atoms. The highest BCUT2D eigenvalue weighted by atomic mass is 32.1. The van der Waals surface area contributed by atoms with E-state index in [0.717, 1.165) is 18.5 Å². The van der Waals surface area contributed by atoms with Crippen molar-refractivity contribution >= 4 is 11.3 Å². The van der Waals surface area contributed by atoms with E-state index in [-0.39, 0.29) is 12.1 Å². The van der Waals surface area contributed by atoms with Gasteiger partial charge in [0.1, 0.15) is 6.04 Å². The summed E-state index contributed by atoms with van der Waals surface area (Å²) in [6.07, 6.45) is 1.95. The normalized spacial score (nSPS) is 14.6. The van der Waals surface area contributed by atoms with Gasteiger partial charge in [-0.3, -0.25) is 4.68 Å². The van der Waals surface area contributed by atoms with Crippen molar-refractivity contribution < 1.29 is 0 Å². The maximum absolute atomic E-state index is 6.23. The first-order valence-electron chi connectivity index (χ1n) is 6.96. The molecule has 2 unspecified atom stereocenters. The van der Waals surface area contributed by atoms with Crippen LogP contribution in [0.15, 0.2) is 18.2 Å². The third kappa shape index (κ3) is 2.90. The van der Waals surface area contributed by atoms with Crippen LogP contribution < -0.4 is 5.73 Å². The molecule has 2 rings (SSSR count). The van der Waals surface area contributed by atoms with Gasteiger partial charge in [0.15, 0.2) is 0 Å². The zero-order chi connectivity index (χ0) is 14.0. The average Bonchev–Trinajstić information content (AvgIpc) is 2.96.